The Bertz CT molecular complexity index is 514. The van der Waals surface area contributed by atoms with E-state index in [9.17, 15) is 9.59 Å². The predicted molar refractivity (Wildman–Crippen MR) is 91.1 cm³/mol. The summed E-state index contributed by atoms with van der Waals surface area (Å²) < 4.78 is 0. The van der Waals surface area contributed by atoms with Crippen LogP contribution in [0.2, 0.25) is 5.02 Å². The predicted octanol–water partition coefficient (Wildman–Crippen LogP) is 4.72. The molecule has 23 heavy (non-hydrogen) atoms. The minimum Gasteiger partial charge on any atom is -0.481 e. The van der Waals surface area contributed by atoms with E-state index in [1.54, 1.807) is 0 Å². The summed E-state index contributed by atoms with van der Waals surface area (Å²) in [5.41, 5.74) is 2.38. The summed E-state index contributed by atoms with van der Waals surface area (Å²) in [7, 11) is 0. The van der Waals surface area contributed by atoms with Crippen molar-refractivity contribution in [1.82, 2.24) is 0 Å². The highest BCUT2D eigenvalue weighted by Crippen LogP contribution is 2.24. The standard InChI is InChI=1S/C18H25ClO4/c19-16-11-7-9-14(8-3-1-5-12-17(20)21)15(16)10-4-2-6-13-18(22)23/h7,9,11H,1-6,8,10,12-13H2,(H,20,21)(H,22,23). The molecule has 0 fully saturated rings. The van der Waals surface area contributed by atoms with Gasteiger partial charge in [0, 0.05) is 17.9 Å². The minimum atomic E-state index is -0.746. The lowest BCUT2D eigenvalue weighted by atomic mass is 9.96. The highest BCUT2D eigenvalue weighted by Gasteiger charge is 2.07. The maximum absolute atomic E-state index is 10.5. The minimum absolute atomic E-state index is 0.221. The molecular formula is C18H25ClO4. The highest BCUT2D eigenvalue weighted by atomic mass is 35.5. The first-order chi connectivity index (χ1) is 11.0. The number of aryl methyl sites for hydroxylation is 1. The molecule has 0 atom stereocenters. The van der Waals surface area contributed by atoms with Crippen LogP contribution in [0.15, 0.2) is 18.2 Å². The molecule has 4 nitrogen and oxygen atoms in total. The van der Waals surface area contributed by atoms with Gasteiger partial charge >= 0.3 is 11.9 Å². The molecule has 0 amide bonds. The molecule has 0 saturated heterocycles. The van der Waals surface area contributed by atoms with E-state index in [0.717, 1.165) is 49.1 Å². The van der Waals surface area contributed by atoms with Crippen LogP contribution in [0.25, 0.3) is 0 Å². The largest absolute Gasteiger partial charge is 0.481 e. The van der Waals surface area contributed by atoms with E-state index in [1.807, 2.05) is 12.1 Å². The van der Waals surface area contributed by atoms with Crippen molar-refractivity contribution in [2.24, 2.45) is 0 Å². The molecule has 1 aromatic rings. The van der Waals surface area contributed by atoms with Gasteiger partial charge in [0.2, 0.25) is 0 Å². The number of aliphatic carboxylic acids is 2. The van der Waals surface area contributed by atoms with Crippen LogP contribution in [0.5, 0.6) is 0 Å². The summed E-state index contributed by atoms with van der Waals surface area (Å²) in [6, 6.07) is 5.92. The van der Waals surface area contributed by atoms with Gasteiger partial charge in [-0.25, -0.2) is 0 Å². The Morgan fingerprint density at radius 3 is 1.96 bits per heavy atom. The van der Waals surface area contributed by atoms with Crippen LogP contribution in [0.3, 0.4) is 0 Å². The van der Waals surface area contributed by atoms with Gasteiger partial charge in [-0.05, 0) is 55.7 Å². The maximum atomic E-state index is 10.5. The Kier molecular flexibility index (Phi) is 9.37. The zero-order valence-electron chi connectivity index (χ0n) is 13.4. The molecule has 0 aliphatic carbocycles. The van der Waals surface area contributed by atoms with Crippen LogP contribution >= 0.6 is 11.6 Å². The summed E-state index contributed by atoms with van der Waals surface area (Å²) in [6.07, 6.45) is 7.30. The number of rotatable bonds is 12. The van der Waals surface area contributed by atoms with Crippen molar-refractivity contribution in [3.63, 3.8) is 0 Å². The summed E-state index contributed by atoms with van der Waals surface area (Å²) in [4.78, 5) is 21.0. The zero-order valence-corrected chi connectivity index (χ0v) is 14.1. The number of benzene rings is 1. The molecule has 2 N–H and O–H groups in total. The molecule has 0 bridgehead atoms. The molecular weight excluding hydrogens is 316 g/mol. The molecule has 0 radical (unpaired) electrons. The fourth-order valence-corrected chi connectivity index (χ4v) is 2.93. The molecule has 0 heterocycles. The van der Waals surface area contributed by atoms with Crippen LogP contribution in [0.1, 0.15) is 62.5 Å². The number of carbonyl (C=O) groups is 2. The maximum Gasteiger partial charge on any atom is 0.303 e. The SMILES string of the molecule is O=C(O)CCCCCc1cccc(Cl)c1CCCCCC(=O)O. The first kappa shape index (κ1) is 19.5. The Morgan fingerprint density at radius 1 is 0.826 bits per heavy atom. The van der Waals surface area contributed by atoms with Crippen molar-refractivity contribution in [2.75, 3.05) is 0 Å². The van der Waals surface area contributed by atoms with Crippen molar-refractivity contribution < 1.29 is 19.8 Å². The van der Waals surface area contributed by atoms with Crippen molar-refractivity contribution in [3.8, 4) is 0 Å². The van der Waals surface area contributed by atoms with Crippen LogP contribution in [-0.2, 0) is 22.4 Å². The molecule has 0 saturated carbocycles. The normalized spacial score (nSPS) is 10.7. The van der Waals surface area contributed by atoms with E-state index in [4.69, 9.17) is 21.8 Å². The van der Waals surface area contributed by atoms with Crippen molar-refractivity contribution in [1.29, 1.82) is 0 Å². The first-order valence-electron chi connectivity index (χ1n) is 8.20. The van der Waals surface area contributed by atoms with Crippen LogP contribution < -0.4 is 0 Å². The van der Waals surface area contributed by atoms with Gasteiger partial charge in [-0.2, -0.15) is 0 Å². The zero-order chi connectivity index (χ0) is 17.1. The number of carboxylic acids is 2. The summed E-state index contributed by atoms with van der Waals surface area (Å²) in [5, 5.41) is 18.0. The lowest BCUT2D eigenvalue weighted by Crippen LogP contribution is -1.99. The van der Waals surface area contributed by atoms with Crippen molar-refractivity contribution in [3.05, 3.63) is 34.3 Å². The fourth-order valence-electron chi connectivity index (χ4n) is 2.64. The molecule has 5 heteroatoms. The lowest BCUT2D eigenvalue weighted by Gasteiger charge is -2.11. The Morgan fingerprint density at radius 2 is 1.39 bits per heavy atom. The number of carboxylic acid groups (broad SMARTS) is 2. The lowest BCUT2D eigenvalue weighted by molar-refractivity contribution is -0.138. The summed E-state index contributed by atoms with van der Waals surface area (Å²) >= 11 is 6.30. The molecule has 1 aromatic carbocycles. The average Bonchev–Trinajstić information content (AvgIpc) is 2.48. The Balaban J connectivity index is 2.41. The van der Waals surface area contributed by atoms with E-state index in [1.165, 1.54) is 5.56 Å². The molecule has 0 aliphatic heterocycles. The molecule has 1 rings (SSSR count). The third-order valence-corrected chi connectivity index (χ3v) is 4.22. The highest BCUT2D eigenvalue weighted by molar-refractivity contribution is 6.31. The van der Waals surface area contributed by atoms with Gasteiger partial charge in [-0.15, -0.1) is 0 Å². The Hall–Kier alpha value is -1.55. The van der Waals surface area contributed by atoms with E-state index < -0.39 is 11.9 Å². The smallest absolute Gasteiger partial charge is 0.303 e. The Labute approximate surface area is 142 Å². The summed E-state index contributed by atoms with van der Waals surface area (Å²) in [6.45, 7) is 0. The number of halogens is 1. The van der Waals surface area contributed by atoms with Gasteiger partial charge in [0.1, 0.15) is 0 Å². The third kappa shape index (κ3) is 8.60. The van der Waals surface area contributed by atoms with E-state index in [2.05, 4.69) is 6.07 Å². The van der Waals surface area contributed by atoms with Gasteiger partial charge in [0.05, 0.1) is 0 Å². The number of unbranched alkanes of at least 4 members (excludes halogenated alkanes) is 4. The van der Waals surface area contributed by atoms with Crippen LogP contribution in [-0.4, -0.2) is 22.2 Å². The van der Waals surface area contributed by atoms with Crippen molar-refractivity contribution in [2.45, 2.75) is 64.2 Å². The molecule has 0 unspecified atom stereocenters. The quantitative estimate of drug-likeness (QED) is 0.540. The van der Waals surface area contributed by atoms with Crippen LogP contribution in [0, 0.1) is 0 Å². The van der Waals surface area contributed by atoms with Gasteiger partial charge in [0.15, 0.2) is 0 Å². The molecule has 128 valence electrons. The number of hydrogen-bond donors (Lipinski definition) is 2. The monoisotopic (exact) mass is 340 g/mol. The molecule has 0 aliphatic rings. The van der Waals surface area contributed by atoms with Gasteiger partial charge in [-0.1, -0.05) is 36.6 Å². The second-order valence-corrected chi connectivity index (χ2v) is 6.19. The van der Waals surface area contributed by atoms with Gasteiger partial charge in [0.25, 0.3) is 0 Å². The third-order valence-electron chi connectivity index (χ3n) is 3.87. The topological polar surface area (TPSA) is 74.6 Å². The first-order valence-corrected chi connectivity index (χ1v) is 8.58. The second-order valence-electron chi connectivity index (χ2n) is 5.79. The van der Waals surface area contributed by atoms with Gasteiger partial charge < -0.3 is 10.2 Å². The van der Waals surface area contributed by atoms with Crippen molar-refractivity contribution >= 4 is 23.5 Å². The van der Waals surface area contributed by atoms with Gasteiger partial charge in [-0.3, -0.25) is 9.59 Å². The fraction of sp³-hybridized carbons (Fsp3) is 0.556. The van der Waals surface area contributed by atoms with Crippen LogP contribution in [0.4, 0.5) is 0 Å². The van der Waals surface area contributed by atoms with E-state index >= 15 is 0 Å². The van der Waals surface area contributed by atoms with E-state index in [-0.39, 0.29) is 12.8 Å². The summed E-state index contributed by atoms with van der Waals surface area (Å²) in [5.74, 6) is -1.49. The molecule has 0 aromatic heterocycles. The molecule has 0 spiro atoms. The second kappa shape index (κ2) is 11.1. The van der Waals surface area contributed by atoms with E-state index in [0.29, 0.717) is 12.8 Å². The number of hydrogen-bond acceptors (Lipinski definition) is 2. The average molecular weight is 341 g/mol.